The van der Waals surface area contributed by atoms with Gasteiger partial charge < -0.3 is 19.1 Å². The summed E-state index contributed by atoms with van der Waals surface area (Å²) in [5, 5.41) is 0.0955. The number of hydrogen-bond acceptors (Lipinski definition) is 7. The number of para-hydroxylation sites is 2. The SMILES string of the molecule is COC(=O)c1ccc2c(c1)C(SCCN1CCN(c3ccccc3OC)CC1)c1ccccc1CO2. The minimum Gasteiger partial charge on any atom is -0.495 e. The van der Waals surface area contributed by atoms with Crippen LogP contribution in [0.15, 0.2) is 66.7 Å². The first-order valence-corrected chi connectivity index (χ1v) is 13.4. The summed E-state index contributed by atoms with van der Waals surface area (Å²) in [6.45, 7) is 5.55. The number of carbonyl (C=O) groups is 1. The van der Waals surface area contributed by atoms with Gasteiger partial charge in [-0.05, 0) is 41.5 Å². The number of hydrogen-bond donors (Lipinski definition) is 0. The molecule has 0 N–H and O–H groups in total. The van der Waals surface area contributed by atoms with Crippen molar-refractivity contribution in [1.29, 1.82) is 0 Å². The van der Waals surface area contributed by atoms with Crippen molar-refractivity contribution in [1.82, 2.24) is 4.90 Å². The number of fused-ring (bicyclic) bond motifs is 2. The number of esters is 1. The lowest BCUT2D eigenvalue weighted by Gasteiger charge is -2.36. The number of thioether (sulfide) groups is 1. The fraction of sp³-hybridized carbons (Fsp3) is 0.345. The molecule has 1 unspecified atom stereocenters. The van der Waals surface area contributed by atoms with Gasteiger partial charge in [-0.25, -0.2) is 4.79 Å². The van der Waals surface area contributed by atoms with Crippen molar-refractivity contribution < 1.29 is 19.0 Å². The molecule has 6 nitrogen and oxygen atoms in total. The van der Waals surface area contributed by atoms with E-state index in [1.54, 1.807) is 13.2 Å². The number of anilines is 1. The molecule has 0 spiro atoms. The Morgan fingerprint density at radius 3 is 2.56 bits per heavy atom. The normalized spacial score (nSPS) is 17.4. The van der Waals surface area contributed by atoms with Gasteiger partial charge in [0.1, 0.15) is 18.1 Å². The molecule has 188 valence electrons. The van der Waals surface area contributed by atoms with Crippen molar-refractivity contribution in [2.45, 2.75) is 11.9 Å². The van der Waals surface area contributed by atoms with E-state index in [0.29, 0.717) is 12.2 Å². The van der Waals surface area contributed by atoms with E-state index in [2.05, 4.69) is 46.2 Å². The van der Waals surface area contributed by atoms with Crippen LogP contribution in [0.1, 0.15) is 32.3 Å². The Balaban J connectivity index is 1.27. The Kier molecular flexibility index (Phi) is 7.68. The van der Waals surface area contributed by atoms with Crippen LogP contribution in [0.2, 0.25) is 0 Å². The fourth-order valence-electron chi connectivity index (χ4n) is 4.96. The van der Waals surface area contributed by atoms with Crippen LogP contribution in [0.5, 0.6) is 11.5 Å². The van der Waals surface area contributed by atoms with Crippen molar-refractivity contribution in [3.8, 4) is 11.5 Å². The summed E-state index contributed by atoms with van der Waals surface area (Å²) >= 11 is 1.91. The Hall–Kier alpha value is -3.16. The smallest absolute Gasteiger partial charge is 0.337 e. The lowest BCUT2D eigenvalue weighted by Crippen LogP contribution is -2.47. The van der Waals surface area contributed by atoms with Gasteiger partial charge in [0.05, 0.1) is 30.7 Å². The highest BCUT2D eigenvalue weighted by Crippen LogP contribution is 2.44. The van der Waals surface area contributed by atoms with Crippen LogP contribution < -0.4 is 14.4 Å². The summed E-state index contributed by atoms with van der Waals surface area (Å²) < 4.78 is 16.7. The van der Waals surface area contributed by atoms with Crippen LogP contribution in [0.3, 0.4) is 0 Å². The second kappa shape index (κ2) is 11.3. The Bertz CT molecular complexity index is 1210. The van der Waals surface area contributed by atoms with E-state index in [9.17, 15) is 4.79 Å². The first-order chi connectivity index (χ1) is 17.7. The number of rotatable bonds is 7. The van der Waals surface area contributed by atoms with Crippen molar-refractivity contribution in [3.05, 3.63) is 89.0 Å². The number of nitrogens with zero attached hydrogens (tertiary/aromatic N) is 2. The molecule has 0 aromatic heterocycles. The number of carbonyl (C=O) groups excluding carboxylic acids is 1. The maximum atomic E-state index is 12.2. The maximum Gasteiger partial charge on any atom is 0.337 e. The summed E-state index contributed by atoms with van der Waals surface area (Å²) in [5.74, 6) is 2.42. The van der Waals surface area contributed by atoms with E-state index in [-0.39, 0.29) is 11.2 Å². The van der Waals surface area contributed by atoms with Crippen molar-refractivity contribution in [2.24, 2.45) is 0 Å². The van der Waals surface area contributed by atoms with Crippen molar-refractivity contribution in [2.75, 3.05) is 57.6 Å². The first-order valence-electron chi connectivity index (χ1n) is 12.3. The highest BCUT2D eigenvalue weighted by Gasteiger charge is 2.27. The van der Waals surface area contributed by atoms with Gasteiger partial charge in [-0.3, -0.25) is 4.90 Å². The summed E-state index contributed by atoms with van der Waals surface area (Å²) in [6.07, 6.45) is 0. The molecule has 1 atom stereocenters. The molecule has 2 aliphatic rings. The van der Waals surface area contributed by atoms with Gasteiger partial charge in [0, 0.05) is 44.0 Å². The van der Waals surface area contributed by atoms with E-state index in [1.807, 2.05) is 36.0 Å². The van der Waals surface area contributed by atoms with Gasteiger partial charge in [0.2, 0.25) is 0 Å². The monoisotopic (exact) mass is 504 g/mol. The highest BCUT2D eigenvalue weighted by atomic mass is 32.2. The molecular formula is C29H32N2O4S. The predicted molar refractivity (Wildman–Crippen MR) is 145 cm³/mol. The van der Waals surface area contributed by atoms with Crippen LogP contribution in [0, 0.1) is 0 Å². The van der Waals surface area contributed by atoms with E-state index in [4.69, 9.17) is 14.2 Å². The minimum absolute atomic E-state index is 0.0955. The lowest BCUT2D eigenvalue weighted by atomic mass is 9.98. The average Bonchev–Trinajstić information content (AvgIpc) is 3.09. The van der Waals surface area contributed by atoms with Gasteiger partial charge >= 0.3 is 5.97 Å². The van der Waals surface area contributed by atoms with Crippen LogP contribution in [0.25, 0.3) is 0 Å². The molecule has 3 aromatic carbocycles. The zero-order valence-electron chi connectivity index (χ0n) is 20.8. The molecular weight excluding hydrogens is 472 g/mol. The molecule has 0 radical (unpaired) electrons. The molecule has 1 fully saturated rings. The second-order valence-electron chi connectivity index (χ2n) is 8.98. The first kappa shape index (κ1) is 24.5. The number of piperazine rings is 1. The molecule has 0 amide bonds. The van der Waals surface area contributed by atoms with Gasteiger partial charge in [-0.15, -0.1) is 11.8 Å². The molecule has 7 heteroatoms. The number of ether oxygens (including phenoxy) is 3. The number of methoxy groups -OCH3 is 2. The fourth-order valence-corrected chi connectivity index (χ4v) is 6.33. The lowest BCUT2D eigenvalue weighted by molar-refractivity contribution is 0.0600. The largest absolute Gasteiger partial charge is 0.495 e. The Morgan fingerprint density at radius 2 is 1.75 bits per heavy atom. The molecule has 0 saturated carbocycles. The molecule has 0 bridgehead atoms. The topological polar surface area (TPSA) is 51.2 Å². The number of benzene rings is 3. The van der Waals surface area contributed by atoms with Gasteiger partial charge in [0.15, 0.2) is 0 Å². The molecule has 0 aliphatic carbocycles. The molecule has 1 saturated heterocycles. The standard InChI is InChI=1S/C29H32N2O4S/c1-33-27-10-6-5-9-25(27)31-15-13-30(14-16-31)17-18-36-28-23-8-4-3-7-22(23)20-35-26-12-11-21(19-24(26)28)29(32)34-2/h3-12,19,28H,13-18,20H2,1-2H3. The predicted octanol–water partition coefficient (Wildman–Crippen LogP) is 5.02. The summed E-state index contributed by atoms with van der Waals surface area (Å²) in [6, 6.07) is 22.3. The third-order valence-electron chi connectivity index (χ3n) is 6.92. The zero-order chi connectivity index (χ0) is 24.9. The Morgan fingerprint density at radius 1 is 0.972 bits per heavy atom. The van der Waals surface area contributed by atoms with Gasteiger partial charge in [-0.1, -0.05) is 36.4 Å². The molecule has 2 aliphatic heterocycles. The maximum absolute atomic E-state index is 12.2. The Labute approximate surface area is 217 Å². The highest BCUT2D eigenvalue weighted by molar-refractivity contribution is 7.99. The minimum atomic E-state index is -0.327. The van der Waals surface area contributed by atoms with Gasteiger partial charge in [0.25, 0.3) is 0 Å². The van der Waals surface area contributed by atoms with Crippen LogP contribution in [0.4, 0.5) is 5.69 Å². The quantitative estimate of drug-likeness (QED) is 0.419. The van der Waals surface area contributed by atoms with E-state index in [0.717, 1.165) is 55.5 Å². The van der Waals surface area contributed by atoms with E-state index < -0.39 is 0 Å². The molecule has 2 heterocycles. The molecule has 5 rings (SSSR count). The summed E-state index contributed by atoms with van der Waals surface area (Å²) in [5.41, 5.74) is 5.20. The average molecular weight is 505 g/mol. The van der Waals surface area contributed by atoms with Crippen molar-refractivity contribution >= 4 is 23.4 Å². The van der Waals surface area contributed by atoms with Gasteiger partial charge in [-0.2, -0.15) is 0 Å². The van der Waals surface area contributed by atoms with E-state index in [1.165, 1.54) is 23.9 Å². The molecule has 36 heavy (non-hydrogen) atoms. The zero-order valence-corrected chi connectivity index (χ0v) is 21.6. The summed E-state index contributed by atoms with van der Waals surface area (Å²) in [4.78, 5) is 17.2. The van der Waals surface area contributed by atoms with Crippen LogP contribution >= 0.6 is 11.8 Å². The third kappa shape index (κ3) is 5.18. The van der Waals surface area contributed by atoms with Crippen LogP contribution in [-0.2, 0) is 11.3 Å². The third-order valence-corrected chi connectivity index (χ3v) is 8.18. The van der Waals surface area contributed by atoms with Crippen molar-refractivity contribution in [3.63, 3.8) is 0 Å². The van der Waals surface area contributed by atoms with Crippen LogP contribution in [-0.4, -0.2) is 63.6 Å². The summed E-state index contributed by atoms with van der Waals surface area (Å²) in [7, 11) is 3.15. The molecule has 3 aromatic rings. The second-order valence-corrected chi connectivity index (χ2v) is 10.2. The van der Waals surface area contributed by atoms with E-state index >= 15 is 0 Å².